The van der Waals surface area contributed by atoms with E-state index in [4.69, 9.17) is 16.7 Å². The Kier molecular flexibility index (Phi) is 6.04. The van der Waals surface area contributed by atoms with Crippen LogP contribution in [0.25, 0.3) is 5.69 Å². The van der Waals surface area contributed by atoms with Gasteiger partial charge in [-0.1, -0.05) is 41.9 Å². The predicted octanol–water partition coefficient (Wildman–Crippen LogP) is 5.01. The van der Waals surface area contributed by atoms with E-state index < -0.39 is 5.82 Å². The molecule has 0 radical (unpaired) electrons. The first-order chi connectivity index (χ1) is 16.1. The van der Waals surface area contributed by atoms with Crippen molar-refractivity contribution in [3.05, 3.63) is 94.5 Å². The van der Waals surface area contributed by atoms with E-state index in [0.29, 0.717) is 11.6 Å². The summed E-state index contributed by atoms with van der Waals surface area (Å²) in [7, 11) is 0. The molecule has 1 aromatic heterocycles. The zero-order chi connectivity index (χ0) is 22.9. The maximum Gasteiger partial charge on any atom is 0.257 e. The van der Waals surface area contributed by atoms with Crippen molar-refractivity contribution in [1.82, 2.24) is 19.6 Å². The Labute approximate surface area is 198 Å². The number of rotatable bonds is 7. The highest BCUT2D eigenvalue weighted by atomic mass is 35.5. The zero-order valence-corrected chi connectivity index (χ0v) is 19.1. The summed E-state index contributed by atoms with van der Waals surface area (Å²) in [6.07, 6.45) is 4.58. The van der Waals surface area contributed by atoms with Gasteiger partial charge in [-0.2, -0.15) is 5.10 Å². The molecule has 170 valence electrons. The van der Waals surface area contributed by atoms with Crippen molar-refractivity contribution in [2.45, 2.75) is 38.4 Å². The Balaban J connectivity index is 1.54. The summed E-state index contributed by atoms with van der Waals surface area (Å²) < 4.78 is 16.3. The number of carbonyl (C=O) groups excluding carboxylic acids is 1. The van der Waals surface area contributed by atoms with Crippen molar-refractivity contribution in [2.75, 3.05) is 13.1 Å². The van der Waals surface area contributed by atoms with Gasteiger partial charge < -0.3 is 4.90 Å². The van der Waals surface area contributed by atoms with E-state index in [-0.39, 0.29) is 17.5 Å². The third-order valence-electron chi connectivity index (χ3n) is 6.36. The van der Waals surface area contributed by atoms with Crippen LogP contribution in [0.2, 0.25) is 5.02 Å². The maximum absolute atomic E-state index is 14.4. The van der Waals surface area contributed by atoms with Crippen molar-refractivity contribution < 1.29 is 9.18 Å². The highest BCUT2D eigenvalue weighted by Crippen LogP contribution is 2.33. The molecule has 1 aliphatic carbocycles. The van der Waals surface area contributed by atoms with Crippen LogP contribution in [0, 0.1) is 5.82 Å². The van der Waals surface area contributed by atoms with Gasteiger partial charge in [-0.05, 0) is 37.1 Å². The van der Waals surface area contributed by atoms with Gasteiger partial charge in [-0.25, -0.2) is 9.07 Å². The lowest BCUT2D eigenvalue weighted by Gasteiger charge is -2.27. The van der Waals surface area contributed by atoms with Crippen LogP contribution in [0.15, 0.2) is 61.2 Å². The molecular formula is C26H26ClFN4O. The number of benzene rings is 2. The van der Waals surface area contributed by atoms with E-state index >= 15 is 0 Å². The number of hydrogen-bond acceptors (Lipinski definition) is 3. The van der Waals surface area contributed by atoms with Crippen LogP contribution in [-0.4, -0.2) is 44.6 Å². The first-order valence-corrected chi connectivity index (χ1v) is 11.7. The molecule has 0 bridgehead atoms. The summed E-state index contributed by atoms with van der Waals surface area (Å²) in [5.74, 6) is -0.774. The summed E-state index contributed by atoms with van der Waals surface area (Å²) >= 11 is 6.51. The van der Waals surface area contributed by atoms with Gasteiger partial charge in [0, 0.05) is 37.7 Å². The minimum Gasteiger partial charge on any atom is -0.330 e. The van der Waals surface area contributed by atoms with Gasteiger partial charge in [0.05, 0.1) is 34.2 Å². The highest BCUT2D eigenvalue weighted by molar-refractivity contribution is 6.32. The fourth-order valence-corrected chi connectivity index (χ4v) is 4.75. The second-order valence-electron chi connectivity index (χ2n) is 8.65. The van der Waals surface area contributed by atoms with Crippen LogP contribution in [0.4, 0.5) is 4.39 Å². The number of hydrogen-bond donors (Lipinski definition) is 0. The maximum atomic E-state index is 14.4. The lowest BCUT2D eigenvalue weighted by molar-refractivity contribution is 0.0722. The number of amides is 1. The normalized spacial score (nSPS) is 15.8. The molecule has 0 atom stereocenters. The van der Waals surface area contributed by atoms with Gasteiger partial charge in [-0.3, -0.25) is 9.69 Å². The molecule has 1 saturated carbocycles. The molecule has 0 N–H and O–H groups in total. The molecule has 0 unspecified atom stereocenters. The molecule has 2 aromatic carbocycles. The zero-order valence-electron chi connectivity index (χ0n) is 18.4. The SMILES string of the molecule is C=CCN1CCc2c(c(CN(C(=O)c3ccccc3F)C3CC3)nn2-c2ccccc2Cl)C1. The van der Waals surface area contributed by atoms with Gasteiger partial charge in [0.1, 0.15) is 5.82 Å². The lowest BCUT2D eigenvalue weighted by atomic mass is 10.0. The van der Waals surface area contributed by atoms with E-state index in [9.17, 15) is 9.18 Å². The Morgan fingerprint density at radius 2 is 1.97 bits per heavy atom. The molecular weight excluding hydrogens is 439 g/mol. The van der Waals surface area contributed by atoms with E-state index in [2.05, 4.69) is 11.5 Å². The first-order valence-electron chi connectivity index (χ1n) is 11.3. The summed E-state index contributed by atoms with van der Waals surface area (Å²) in [6, 6.07) is 14.0. The molecule has 33 heavy (non-hydrogen) atoms. The van der Waals surface area contributed by atoms with Crippen molar-refractivity contribution in [2.24, 2.45) is 0 Å². The van der Waals surface area contributed by atoms with Gasteiger partial charge in [0.2, 0.25) is 0 Å². The third-order valence-corrected chi connectivity index (χ3v) is 6.68. The summed E-state index contributed by atoms with van der Waals surface area (Å²) in [5, 5.41) is 5.59. The second-order valence-corrected chi connectivity index (χ2v) is 9.06. The summed E-state index contributed by atoms with van der Waals surface area (Å²) in [5.41, 5.74) is 4.02. The molecule has 1 amide bonds. The minimum atomic E-state index is -0.492. The number of carbonyl (C=O) groups is 1. The first kappa shape index (κ1) is 21.9. The van der Waals surface area contributed by atoms with E-state index in [1.165, 1.54) is 6.07 Å². The smallest absolute Gasteiger partial charge is 0.257 e. The number of nitrogens with zero attached hydrogens (tertiary/aromatic N) is 4. The quantitative estimate of drug-likeness (QED) is 0.461. The monoisotopic (exact) mass is 464 g/mol. The third kappa shape index (κ3) is 4.33. The van der Waals surface area contributed by atoms with Gasteiger partial charge in [0.15, 0.2) is 0 Å². The van der Waals surface area contributed by atoms with Crippen LogP contribution < -0.4 is 0 Å². The second kappa shape index (κ2) is 9.12. The molecule has 2 heterocycles. The molecule has 2 aliphatic rings. The van der Waals surface area contributed by atoms with Gasteiger partial charge >= 0.3 is 0 Å². The van der Waals surface area contributed by atoms with Gasteiger partial charge in [-0.15, -0.1) is 6.58 Å². The summed E-state index contributed by atoms with van der Waals surface area (Å²) in [6.45, 7) is 6.64. The average Bonchev–Trinajstić information content (AvgIpc) is 3.60. The van der Waals surface area contributed by atoms with Crippen molar-refractivity contribution in [3.63, 3.8) is 0 Å². The number of halogens is 2. The number of aromatic nitrogens is 2. The Morgan fingerprint density at radius 1 is 1.21 bits per heavy atom. The van der Waals surface area contributed by atoms with Crippen LogP contribution in [0.3, 0.4) is 0 Å². The van der Waals surface area contributed by atoms with E-state index in [0.717, 1.165) is 61.5 Å². The molecule has 7 heteroatoms. The van der Waals surface area contributed by atoms with Crippen molar-refractivity contribution in [3.8, 4) is 5.69 Å². The molecule has 5 nitrogen and oxygen atoms in total. The predicted molar refractivity (Wildman–Crippen MR) is 127 cm³/mol. The Bertz CT molecular complexity index is 1200. The van der Waals surface area contributed by atoms with Crippen molar-refractivity contribution in [1.29, 1.82) is 0 Å². The van der Waals surface area contributed by atoms with Crippen LogP contribution >= 0.6 is 11.6 Å². The van der Waals surface area contributed by atoms with Crippen LogP contribution in [-0.2, 0) is 19.5 Å². The molecule has 0 saturated heterocycles. The Morgan fingerprint density at radius 3 is 2.70 bits per heavy atom. The molecule has 1 aliphatic heterocycles. The molecule has 0 spiro atoms. The topological polar surface area (TPSA) is 41.4 Å². The van der Waals surface area contributed by atoms with Gasteiger partial charge in [0.25, 0.3) is 5.91 Å². The standard InChI is InChI=1S/C26H26ClFN4O/c1-2-14-30-15-13-24-20(16-30)23(29-32(24)25-10-6-4-8-21(25)27)17-31(18-11-12-18)26(33)19-7-3-5-9-22(19)28/h2-10,18H,1,11-17H2. The van der Waals surface area contributed by atoms with E-state index in [1.54, 1.807) is 23.1 Å². The fourth-order valence-electron chi connectivity index (χ4n) is 4.53. The minimum absolute atomic E-state index is 0.108. The highest BCUT2D eigenvalue weighted by Gasteiger charge is 2.36. The number of fused-ring (bicyclic) bond motifs is 1. The van der Waals surface area contributed by atoms with Crippen LogP contribution in [0.5, 0.6) is 0 Å². The average molecular weight is 465 g/mol. The summed E-state index contributed by atoms with van der Waals surface area (Å²) in [4.78, 5) is 17.4. The molecule has 5 rings (SSSR count). The number of para-hydroxylation sites is 1. The van der Waals surface area contributed by atoms with Crippen LogP contribution in [0.1, 0.15) is 40.2 Å². The molecule has 1 fully saturated rings. The Hall–Kier alpha value is -2.96. The fraction of sp³-hybridized carbons (Fsp3) is 0.308. The van der Waals surface area contributed by atoms with Crippen molar-refractivity contribution >= 4 is 17.5 Å². The van der Waals surface area contributed by atoms with E-state index in [1.807, 2.05) is 35.0 Å². The molecule has 3 aromatic rings. The lowest BCUT2D eigenvalue weighted by Crippen LogP contribution is -2.35. The largest absolute Gasteiger partial charge is 0.330 e.